The van der Waals surface area contributed by atoms with Crippen molar-refractivity contribution in [3.05, 3.63) is 75.0 Å². The molecule has 44 heavy (non-hydrogen) atoms. The Morgan fingerprint density at radius 3 is 2.57 bits per heavy atom. The lowest BCUT2D eigenvalue weighted by Gasteiger charge is -2.43. The van der Waals surface area contributed by atoms with Crippen LogP contribution in [0.25, 0.3) is 0 Å². The number of nitrogens with two attached hydrogens (primary N) is 2. The van der Waals surface area contributed by atoms with E-state index in [-0.39, 0.29) is 25.0 Å². The molecule has 0 bridgehead atoms. The average molecular weight is 667 g/mol. The first-order chi connectivity index (χ1) is 21.2. The lowest BCUT2D eigenvalue weighted by atomic mass is 9.77. The standard InChI is InChI=1S/C33H40BrN5O5/c34-27-11-12-29(44-19-22(35)17-38(36)15-20-9-10-20)30-26(27)13-14-39(32(41)24-7-3-4-8-25(24)33(42)43)28(30)18-37-16-21-5-1-2-6-23(21)31(37)40/h1-2,5-6,11-12,17,20,24-25,28H,3-4,7-10,13-16,18-19,35-36H2,(H,42,43)/b22-17-/t24-,25+,28-/m1/s1. The number of carboxylic acid groups (broad SMARTS) is 1. The molecule has 0 aromatic heterocycles. The lowest BCUT2D eigenvalue weighted by molar-refractivity contribution is -0.153. The number of hydrogen-bond donors (Lipinski definition) is 3. The van der Waals surface area contributed by atoms with Gasteiger partial charge in [-0.1, -0.05) is 47.0 Å². The van der Waals surface area contributed by atoms with Crippen molar-refractivity contribution in [2.24, 2.45) is 29.3 Å². The highest BCUT2D eigenvalue weighted by Gasteiger charge is 2.44. The summed E-state index contributed by atoms with van der Waals surface area (Å²) >= 11 is 3.72. The van der Waals surface area contributed by atoms with Gasteiger partial charge in [0.1, 0.15) is 12.4 Å². The van der Waals surface area contributed by atoms with E-state index in [2.05, 4.69) is 15.9 Å². The minimum absolute atomic E-state index is 0.0791. The molecule has 2 aromatic rings. The van der Waals surface area contributed by atoms with Crippen LogP contribution in [0, 0.1) is 17.8 Å². The largest absolute Gasteiger partial charge is 0.487 e. The highest BCUT2D eigenvalue weighted by Crippen LogP contribution is 2.43. The Morgan fingerprint density at radius 2 is 1.84 bits per heavy atom. The van der Waals surface area contributed by atoms with Crippen LogP contribution in [0.5, 0.6) is 5.75 Å². The topological polar surface area (TPSA) is 142 Å². The van der Waals surface area contributed by atoms with Crippen molar-refractivity contribution in [3.63, 3.8) is 0 Å². The van der Waals surface area contributed by atoms with E-state index in [1.165, 1.54) is 12.8 Å². The van der Waals surface area contributed by atoms with E-state index < -0.39 is 23.8 Å². The summed E-state index contributed by atoms with van der Waals surface area (Å²) in [6.45, 7) is 1.97. The van der Waals surface area contributed by atoms with E-state index in [0.29, 0.717) is 55.3 Å². The molecule has 2 aliphatic heterocycles. The number of carbonyl (C=O) groups excluding carboxylic acids is 2. The smallest absolute Gasteiger partial charge is 0.307 e. The lowest BCUT2D eigenvalue weighted by Crippen LogP contribution is -2.50. The molecule has 0 radical (unpaired) electrons. The first kappa shape index (κ1) is 30.5. The van der Waals surface area contributed by atoms with Gasteiger partial charge >= 0.3 is 5.97 Å². The number of amides is 2. The zero-order valence-electron chi connectivity index (χ0n) is 24.8. The number of nitrogens with zero attached hydrogens (tertiary/aromatic N) is 3. The van der Waals surface area contributed by atoms with Crippen molar-refractivity contribution in [2.75, 3.05) is 26.2 Å². The van der Waals surface area contributed by atoms with Gasteiger partial charge in [-0.2, -0.15) is 0 Å². The summed E-state index contributed by atoms with van der Waals surface area (Å²) in [7, 11) is 0. The molecule has 0 spiro atoms. The summed E-state index contributed by atoms with van der Waals surface area (Å²) in [5.74, 6) is 4.83. The third-order valence-electron chi connectivity index (χ3n) is 9.44. The monoisotopic (exact) mass is 665 g/mol. The zero-order valence-corrected chi connectivity index (χ0v) is 26.4. The SMILES string of the molecule is N/C(=C\N(N)CC1CC1)COc1ccc(Br)c2c1[C@@H](CN1Cc3ccccc3C1=O)N(C(=O)[C@@H]1CCCC[C@@H]1C(=O)O)CC2. The van der Waals surface area contributed by atoms with Crippen LogP contribution in [-0.4, -0.2) is 63.9 Å². The molecule has 0 unspecified atom stereocenters. The van der Waals surface area contributed by atoms with E-state index in [1.807, 2.05) is 36.4 Å². The number of halogens is 1. The molecule has 2 saturated carbocycles. The van der Waals surface area contributed by atoms with Crippen molar-refractivity contribution in [2.45, 2.75) is 57.5 Å². The quantitative estimate of drug-likeness (QED) is 0.253. The summed E-state index contributed by atoms with van der Waals surface area (Å²) in [5.41, 5.74) is 10.2. The number of fused-ring (bicyclic) bond motifs is 2. The Kier molecular flexibility index (Phi) is 8.87. The van der Waals surface area contributed by atoms with Crippen LogP contribution in [0.15, 0.2) is 52.8 Å². The Hall–Kier alpha value is -3.57. The van der Waals surface area contributed by atoms with E-state index in [0.717, 1.165) is 40.5 Å². The van der Waals surface area contributed by atoms with Gasteiger partial charge in [-0.15, -0.1) is 0 Å². The number of rotatable bonds is 10. The number of hydrazine groups is 1. The van der Waals surface area contributed by atoms with Gasteiger partial charge in [0.05, 0.1) is 23.6 Å². The normalized spacial score (nSPS) is 23.3. The first-order valence-corrected chi connectivity index (χ1v) is 16.3. The average Bonchev–Trinajstić information content (AvgIpc) is 3.77. The molecule has 0 saturated heterocycles. The third kappa shape index (κ3) is 6.30. The number of benzene rings is 2. The zero-order chi connectivity index (χ0) is 31.0. The maximum Gasteiger partial charge on any atom is 0.307 e. The summed E-state index contributed by atoms with van der Waals surface area (Å²) in [5, 5.41) is 11.6. The molecule has 2 aliphatic carbocycles. The molecule has 2 fully saturated rings. The fraction of sp³-hybridized carbons (Fsp3) is 0.485. The number of aliphatic carboxylic acids is 1. The van der Waals surface area contributed by atoms with Crippen LogP contribution in [0.4, 0.5) is 0 Å². The Morgan fingerprint density at radius 1 is 1.09 bits per heavy atom. The Labute approximate surface area is 266 Å². The molecule has 3 atom stereocenters. The Bertz CT molecular complexity index is 1480. The van der Waals surface area contributed by atoms with E-state index in [1.54, 1.807) is 21.0 Å². The molecule has 2 aromatic carbocycles. The van der Waals surface area contributed by atoms with Crippen molar-refractivity contribution < 1.29 is 24.2 Å². The molecule has 234 valence electrons. The first-order valence-electron chi connectivity index (χ1n) is 15.5. The van der Waals surface area contributed by atoms with Crippen molar-refractivity contribution >= 4 is 33.7 Å². The summed E-state index contributed by atoms with van der Waals surface area (Å²) in [6, 6.07) is 10.8. The number of ether oxygens (including phenoxy) is 1. The minimum atomic E-state index is -0.924. The van der Waals surface area contributed by atoms with Gasteiger partial charge in [0.15, 0.2) is 0 Å². The van der Waals surface area contributed by atoms with Gasteiger partial charge in [-0.25, -0.2) is 5.84 Å². The van der Waals surface area contributed by atoms with Gasteiger partial charge in [-0.05, 0) is 67.3 Å². The summed E-state index contributed by atoms with van der Waals surface area (Å²) in [6.07, 6.45) is 7.28. The second-order valence-electron chi connectivity index (χ2n) is 12.5. The number of carbonyl (C=O) groups is 3. The van der Waals surface area contributed by atoms with Crippen LogP contribution in [-0.2, 0) is 22.6 Å². The van der Waals surface area contributed by atoms with Crippen molar-refractivity contribution in [1.29, 1.82) is 0 Å². The second kappa shape index (κ2) is 12.8. The fourth-order valence-electron chi connectivity index (χ4n) is 7.03. The number of carboxylic acids is 1. The van der Waals surface area contributed by atoms with Gasteiger partial charge < -0.3 is 30.4 Å². The van der Waals surface area contributed by atoms with Gasteiger partial charge in [0.2, 0.25) is 5.91 Å². The molecule has 5 N–H and O–H groups in total. The van der Waals surface area contributed by atoms with Gasteiger partial charge in [-0.3, -0.25) is 14.4 Å². The van der Waals surface area contributed by atoms with E-state index in [4.69, 9.17) is 16.3 Å². The fourth-order valence-corrected chi connectivity index (χ4v) is 7.57. The Balaban J connectivity index is 1.33. The number of hydrogen-bond acceptors (Lipinski definition) is 7. The van der Waals surface area contributed by atoms with Crippen LogP contribution >= 0.6 is 15.9 Å². The molecular weight excluding hydrogens is 626 g/mol. The van der Waals surface area contributed by atoms with Crippen molar-refractivity contribution in [3.8, 4) is 5.75 Å². The van der Waals surface area contributed by atoms with Gasteiger partial charge in [0.25, 0.3) is 5.91 Å². The predicted molar refractivity (Wildman–Crippen MR) is 168 cm³/mol. The molecule has 2 amide bonds. The van der Waals surface area contributed by atoms with E-state index >= 15 is 0 Å². The van der Waals surface area contributed by atoms with Crippen LogP contribution in [0.3, 0.4) is 0 Å². The maximum absolute atomic E-state index is 14.3. The highest BCUT2D eigenvalue weighted by molar-refractivity contribution is 9.10. The van der Waals surface area contributed by atoms with Crippen LogP contribution in [0.1, 0.15) is 71.6 Å². The highest BCUT2D eigenvalue weighted by atomic mass is 79.9. The summed E-state index contributed by atoms with van der Waals surface area (Å²) < 4.78 is 7.23. The van der Waals surface area contributed by atoms with Gasteiger partial charge in [0, 0.05) is 48.0 Å². The maximum atomic E-state index is 14.3. The minimum Gasteiger partial charge on any atom is -0.487 e. The second-order valence-corrected chi connectivity index (χ2v) is 13.4. The molecule has 2 heterocycles. The van der Waals surface area contributed by atoms with Crippen LogP contribution in [0.2, 0.25) is 0 Å². The molecule has 6 rings (SSSR count). The molecular formula is C33H40BrN5O5. The predicted octanol–water partition coefficient (Wildman–Crippen LogP) is 4.19. The third-order valence-corrected chi connectivity index (χ3v) is 10.2. The van der Waals surface area contributed by atoms with Crippen LogP contribution < -0.4 is 16.3 Å². The molecule has 10 nitrogen and oxygen atoms in total. The van der Waals surface area contributed by atoms with Crippen molar-refractivity contribution in [1.82, 2.24) is 14.8 Å². The molecule has 11 heteroatoms. The molecule has 4 aliphatic rings. The summed E-state index contributed by atoms with van der Waals surface area (Å²) in [4.78, 5) is 43.6. The van der Waals surface area contributed by atoms with E-state index in [9.17, 15) is 19.5 Å².